The minimum absolute atomic E-state index is 0.0383. The Morgan fingerprint density at radius 1 is 1.43 bits per heavy atom. The molecule has 1 saturated heterocycles. The highest BCUT2D eigenvalue weighted by atomic mass is 35.5. The standard InChI is InChI=1S/C15H17ClN4O/c1-11-4-6-19(9-14(11)20-7-5-17-10-20)15(21)13-3-2-12(16)8-18-13/h2-3,5,7-8,10-11,14H,4,6,9H2,1H3. The van der Waals surface area contributed by atoms with Crippen LogP contribution in [0.4, 0.5) is 0 Å². The average molecular weight is 305 g/mol. The van der Waals surface area contributed by atoms with Gasteiger partial charge in [-0.05, 0) is 24.5 Å². The van der Waals surface area contributed by atoms with Crippen LogP contribution >= 0.6 is 11.6 Å². The van der Waals surface area contributed by atoms with Crippen LogP contribution in [0.1, 0.15) is 29.9 Å². The van der Waals surface area contributed by atoms with Crippen molar-refractivity contribution < 1.29 is 4.79 Å². The molecule has 0 radical (unpaired) electrons. The molecular formula is C15H17ClN4O. The summed E-state index contributed by atoms with van der Waals surface area (Å²) in [4.78, 5) is 22.6. The molecule has 1 amide bonds. The van der Waals surface area contributed by atoms with Crippen molar-refractivity contribution in [3.63, 3.8) is 0 Å². The fourth-order valence-electron chi connectivity index (χ4n) is 2.75. The molecule has 1 fully saturated rings. The summed E-state index contributed by atoms with van der Waals surface area (Å²) < 4.78 is 2.08. The second kappa shape index (κ2) is 5.85. The molecule has 0 N–H and O–H groups in total. The minimum Gasteiger partial charge on any atom is -0.335 e. The van der Waals surface area contributed by atoms with Crippen molar-refractivity contribution in [1.82, 2.24) is 19.4 Å². The highest BCUT2D eigenvalue weighted by Crippen LogP contribution is 2.28. The van der Waals surface area contributed by atoms with E-state index < -0.39 is 0 Å². The Morgan fingerprint density at radius 3 is 2.95 bits per heavy atom. The second-order valence-corrected chi connectivity index (χ2v) is 5.89. The molecule has 21 heavy (non-hydrogen) atoms. The van der Waals surface area contributed by atoms with Crippen LogP contribution in [0, 0.1) is 5.92 Å². The normalized spacial score (nSPS) is 22.3. The Bertz CT molecular complexity index is 611. The Balaban J connectivity index is 1.77. The maximum atomic E-state index is 12.5. The van der Waals surface area contributed by atoms with E-state index in [9.17, 15) is 4.79 Å². The number of halogens is 1. The summed E-state index contributed by atoms with van der Waals surface area (Å²) in [6, 6.07) is 3.63. The molecule has 0 aromatic carbocycles. The summed E-state index contributed by atoms with van der Waals surface area (Å²) in [7, 11) is 0. The van der Waals surface area contributed by atoms with Crippen LogP contribution < -0.4 is 0 Å². The number of carbonyl (C=O) groups is 1. The molecule has 2 unspecified atom stereocenters. The van der Waals surface area contributed by atoms with Crippen LogP contribution in [0.25, 0.3) is 0 Å². The number of hydrogen-bond donors (Lipinski definition) is 0. The van der Waals surface area contributed by atoms with Gasteiger partial charge in [0, 0.05) is 31.7 Å². The Hall–Kier alpha value is -1.88. The van der Waals surface area contributed by atoms with Gasteiger partial charge in [-0.15, -0.1) is 0 Å². The van der Waals surface area contributed by atoms with E-state index in [2.05, 4.69) is 21.5 Å². The molecule has 2 aromatic heterocycles. The summed E-state index contributed by atoms with van der Waals surface area (Å²) in [5.41, 5.74) is 0.443. The van der Waals surface area contributed by atoms with E-state index in [4.69, 9.17) is 11.6 Å². The minimum atomic E-state index is -0.0383. The molecule has 1 aliphatic rings. The van der Waals surface area contributed by atoms with E-state index in [0.717, 1.165) is 13.0 Å². The van der Waals surface area contributed by atoms with Gasteiger partial charge in [0.25, 0.3) is 5.91 Å². The lowest BCUT2D eigenvalue weighted by Crippen LogP contribution is -2.44. The molecule has 2 aromatic rings. The molecule has 0 spiro atoms. The van der Waals surface area contributed by atoms with Gasteiger partial charge in [0.1, 0.15) is 5.69 Å². The Morgan fingerprint density at radius 2 is 2.29 bits per heavy atom. The molecule has 1 aliphatic heterocycles. The van der Waals surface area contributed by atoms with E-state index >= 15 is 0 Å². The first-order valence-corrected chi connectivity index (χ1v) is 7.41. The number of rotatable bonds is 2. The predicted molar refractivity (Wildman–Crippen MR) is 80.2 cm³/mol. The third kappa shape index (κ3) is 2.93. The van der Waals surface area contributed by atoms with E-state index in [1.807, 2.05) is 17.4 Å². The van der Waals surface area contributed by atoms with Crippen molar-refractivity contribution in [3.05, 3.63) is 47.8 Å². The van der Waals surface area contributed by atoms with E-state index in [1.54, 1.807) is 18.3 Å². The molecule has 3 rings (SSSR count). The fraction of sp³-hybridized carbons (Fsp3) is 0.400. The number of amides is 1. The van der Waals surface area contributed by atoms with E-state index in [-0.39, 0.29) is 11.9 Å². The number of imidazole rings is 1. The first kappa shape index (κ1) is 14.1. The van der Waals surface area contributed by atoms with Gasteiger partial charge in [0.2, 0.25) is 0 Å². The van der Waals surface area contributed by atoms with Crippen LogP contribution in [0.2, 0.25) is 5.02 Å². The van der Waals surface area contributed by atoms with Gasteiger partial charge in [0.15, 0.2) is 0 Å². The van der Waals surface area contributed by atoms with Crippen molar-refractivity contribution in [3.8, 4) is 0 Å². The first-order valence-electron chi connectivity index (χ1n) is 7.03. The third-order valence-corrected chi connectivity index (χ3v) is 4.28. The summed E-state index contributed by atoms with van der Waals surface area (Å²) in [6.07, 6.45) is 8.02. The van der Waals surface area contributed by atoms with Crippen LogP contribution in [-0.4, -0.2) is 38.4 Å². The van der Waals surface area contributed by atoms with Crippen molar-refractivity contribution in [2.75, 3.05) is 13.1 Å². The monoisotopic (exact) mass is 304 g/mol. The maximum absolute atomic E-state index is 12.5. The number of aromatic nitrogens is 3. The first-order chi connectivity index (χ1) is 10.1. The zero-order valence-corrected chi connectivity index (χ0v) is 12.6. The maximum Gasteiger partial charge on any atom is 0.272 e. The average Bonchev–Trinajstić information content (AvgIpc) is 3.02. The van der Waals surface area contributed by atoms with Crippen molar-refractivity contribution in [2.24, 2.45) is 5.92 Å². The lowest BCUT2D eigenvalue weighted by atomic mass is 9.93. The van der Waals surface area contributed by atoms with Crippen molar-refractivity contribution in [2.45, 2.75) is 19.4 Å². The predicted octanol–water partition coefficient (Wildman–Crippen LogP) is 2.65. The van der Waals surface area contributed by atoms with Crippen LogP contribution in [-0.2, 0) is 0 Å². The number of pyridine rings is 1. The van der Waals surface area contributed by atoms with Gasteiger partial charge < -0.3 is 9.47 Å². The van der Waals surface area contributed by atoms with Crippen molar-refractivity contribution >= 4 is 17.5 Å². The van der Waals surface area contributed by atoms with Gasteiger partial charge in [-0.3, -0.25) is 4.79 Å². The number of carbonyl (C=O) groups excluding carboxylic acids is 1. The zero-order valence-electron chi connectivity index (χ0n) is 11.8. The summed E-state index contributed by atoms with van der Waals surface area (Å²) >= 11 is 5.81. The summed E-state index contributed by atoms with van der Waals surface area (Å²) in [5, 5.41) is 0.537. The molecule has 2 atom stereocenters. The largest absolute Gasteiger partial charge is 0.335 e. The molecule has 6 heteroatoms. The number of piperidine rings is 1. The van der Waals surface area contributed by atoms with Crippen LogP contribution in [0.15, 0.2) is 37.1 Å². The van der Waals surface area contributed by atoms with Crippen molar-refractivity contribution in [1.29, 1.82) is 0 Å². The van der Waals surface area contributed by atoms with E-state index in [0.29, 0.717) is 23.2 Å². The number of likely N-dealkylation sites (tertiary alicyclic amines) is 1. The fourth-order valence-corrected chi connectivity index (χ4v) is 2.86. The number of nitrogens with zero attached hydrogens (tertiary/aromatic N) is 4. The van der Waals surface area contributed by atoms with E-state index in [1.165, 1.54) is 6.20 Å². The molecule has 0 aliphatic carbocycles. The molecule has 0 bridgehead atoms. The van der Waals surface area contributed by atoms with Crippen LogP contribution in [0.3, 0.4) is 0 Å². The van der Waals surface area contributed by atoms with Gasteiger partial charge in [0.05, 0.1) is 17.4 Å². The lowest BCUT2D eigenvalue weighted by Gasteiger charge is -2.37. The van der Waals surface area contributed by atoms with Gasteiger partial charge in [-0.2, -0.15) is 0 Å². The highest BCUT2D eigenvalue weighted by molar-refractivity contribution is 6.30. The van der Waals surface area contributed by atoms with Crippen LogP contribution in [0.5, 0.6) is 0 Å². The van der Waals surface area contributed by atoms with Gasteiger partial charge in [-0.1, -0.05) is 18.5 Å². The SMILES string of the molecule is CC1CCN(C(=O)c2ccc(Cl)cn2)CC1n1ccnc1. The molecule has 5 nitrogen and oxygen atoms in total. The van der Waals surface area contributed by atoms with Gasteiger partial charge >= 0.3 is 0 Å². The Labute approximate surface area is 128 Å². The quantitative estimate of drug-likeness (QED) is 0.857. The molecule has 0 saturated carbocycles. The zero-order chi connectivity index (χ0) is 14.8. The molecule has 3 heterocycles. The molecular weight excluding hydrogens is 288 g/mol. The number of hydrogen-bond acceptors (Lipinski definition) is 3. The Kier molecular flexibility index (Phi) is 3.92. The summed E-state index contributed by atoms with van der Waals surface area (Å²) in [6.45, 7) is 3.66. The topological polar surface area (TPSA) is 51.0 Å². The lowest BCUT2D eigenvalue weighted by molar-refractivity contribution is 0.0615. The third-order valence-electron chi connectivity index (χ3n) is 4.06. The smallest absolute Gasteiger partial charge is 0.272 e. The molecule has 110 valence electrons. The van der Waals surface area contributed by atoms with Gasteiger partial charge in [-0.25, -0.2) is 9.97 Å². The highest BCUT2D eigenvalue weighted by Gasteiger charge is 2.30. The second-order valence-electron chi connectivity index (χ2n) is 5.46. The summed E-state index contributed by atoms with van der Waals surface area (Å²) in [5.74, 6) is 0.477.